The minimum Gasteiger partial charge on any atom is -0.294 e. The Kier molecular flexibility index (Phi) is 4.70. The third-order valence-electron chi connectivity index (χ3n) is 3.77. The number of aryl methyl sites for hydroxylation is 1. The lowest BCUT2D eigenvalue weighted by atomic mass is 10.1. The van der Waals surface area contributed by atoms with Crippen LogP contribution in [0, 0.1) is 0 Å². The molecule has 0 radical (unpaired) electrons. The van der Waals surface area contributed by atoms with E-state index in [1.54, 1.807) is 10.9 Å². The molecule has 3 rings (SSSR count). The molecule has 0 atom stereocenters. The van der Waals surface area contributed by atoms with E-state index < -0.39 is 0 Å². The monoisotopic (exact) mass is 320 g/mol. The summed E-state index contributed by atoms with van der Waals surface area (Å²) in [4.78, 5) is 21.6. The first-order valence-corrected chi connectivity index (χ1v) is 8.06. The zero-order valence-electron chi connectivity index (χ0n) is 13.9. The third kappa shape index (κ3) is 3.20. The molecule has 0 fully saturated rings. The van der Waals surface area contributed by atoms with E-state index in [1.165, 1.54) is 0 Å². The molecule has 5 nitrogen and oxygen atoms in total. The van der Waals surface area contributed by atoms with Crippen LogP contribution in [0.25, 0.3) is 5.69 Å². The Morgan fingerprint density at radius 1 is 1.17 bits per heavy atom. The Bertz CT molecular complexity index is 892. The zero-order chi connectivity index (χ0) is 16.9. The first-order chi connectivity index (χ1) is 11.7. The second-order valence-corrected chi connectivity index (χ2v) is 5.58. The van der Waals surface area contributed by atoms with Crippen molar-refractivity contribution in [3.05, 3.63) is 76.3 Å². The summed E-state index contributed by atoms with van der Waals surface area (Å²) >= 11 is 0. The summed E-state index contributed by atoms with van der Waals surface area (Å²) in [6, 6.07) is 15.1. The number of para-hydroxylation sites is 1. The van der Waals surface area contributed by atoms with Crippen molar-refractivity contribution < 1.29 is 0 Å². The van der Waals surface area contributed by atoms with Crippen LogP contribution in [0.1, 0.15) is 31.5 Å². The molecule has 0 spiro atoms. The highest BCUT2D eigenvalue weighted by Gasteiger charge is 2.17. The van der Waals surface area contributed by atoms with Crippen molar-refractivity contribution in [2.24, 2.45) is 4.99 Å². The van der Waals surface area contributed by atoms with Gasteiger partial charge in [-0.3, -0.25) is 9.89 Å². The quantitative estimate of drug-likeness (QED) is 0.729. The Labute approximate surface area is 140 Å². The number of aromatic nitrogens is 3. The van der Waals surface area contributed by atoms with Gasteiger partial charge in [-0.15, -0.1) is 0 Å². The molecular weight excluding hydrogens is 300 g/mol. The van der Waals surface area contributed by atoms with Crippen molar-refractivity contribution in [3.8, 4) is 5.69 Å². The minimum absolute atomic E-state index is 0.0816. The van der Waals surface area contributed by atoms with E-state index in [9.17, 15) is 4.79 Å². The number of rotatable bonds is 5. The van der Waals surface area contributed by atoms with Gasteiger partial charge in [-0.25, -0.2) is 14.7 Å². The highest BCUT2D eigenvalue weighted by atomic mass is 16.1. The van der Waals surface area contributed by atoms with Crippen molar-refractivity contribution in [1.82, 2.24) is 14.8 Å². The van der Waals surface area contributed by atoms with Gasteiger partial charge in [0.15, 0.2) is 5.82 Å². The number of benzene rings is 1. The van der Waals surface area contributed by atoms with Gasteiger partial charge in [-0.05, 0) is 37.6 Å². The van der Waals surface area contributed by atoms with Gasteiger partial charge in [0.2, 0.25) is 0 Å². The molecule has 3 aromatic rings. The van der Waals surface area contributed by atoms with Gasteiger partial charge < -0.3 is 0 Å². The van der Waals surface area contributed by atoms with E-state index in [-0.39, 0.29) is 5.56 Å². The van der Waals surface area contributed by atoms with Crippen molar-refractivity contribution in [3.63, 3.8) is 0 Å². The molecule has 0 amide bonds. The molecule has 0 bridgehead atoms. The predicted molar refractivity (Wildman–Crippen MR) is 96.5 cm³/mol. The molecular formula is C19H20N4O. The molecule has 0 aliphatic rings. The largest absolute Gasteiger partial charge is 0.294 e. The average Bonchev–Trinajstić information content (AvgIpc) is 2.93. The van der Waals surface area contributed by atoms with Crippen LogP contribution in [0.5, 0.6) is 0 Å². The normalized spacial score (nSPS) is 11.7. The van der Waals surface area contributed by atoms with E-state index >= 15 is 0 Å². The molecule has 1 N–H and O–H groups in total. The fraction of sp³-hybridized carbons (Fsp3) is 0.211. The number of H-pyrrole nitrogens is 1. The van der Waals surface area contributed by atoms with Gasteiger partial charge in [0.25, 0.3) is 5.56 Å². The lowest BCUT2D eigenvalue weighted by Crippen LogP contribution is -2.19. The van der Waals surface area contributed by atoms with E-state index in [1.807, 2.05) is 55.5 Å². The summed E-state index contributed by atoms with van der Waals surface area (Å²) in [5.74, 6) is 0.601. The number of nitrogens with one attached hydrogen (secondary N) is 1. The van der Waals surface area contributed by atoms with Crippen LogP contribution in [0.15, 0.2) is 64.5 Å². The minimum atomic E-state index is -0.0816. The molecule has 0 saturated heterocycles. The van der Waals surface area contributed by atoms with Crippen molar-refractivity contribution in [2.75, 3.05) is 0 Å². The maximum absolute atomic E-state index is 12.9. The molecule has 0 saturated carbocycles. The topological polar surface area (TPSA) is 63.0 Å². The zero-order valence-corrected chi connectivity index (χ0v) is 13.9. The lowest BCUT2D eigenvalue weighted by Gasteiger charge is -2.00. The fourth-order valence-corrected chi connectivity index (χ4v) is 2.69. The fourth-order valence-electron chi connectivity index (χ4n) is 2.69. The van der Waals surface area contributed by atoms with Gasteiger partial charge in [-0.2, -0.15) is 0 Å². The summed E-state index contributed by atoms with van der Waals surface area (Å²) in [7, 11) is 0. The standard InChI is InChI=1S/C19H20N4O/c1-3-9-16-18(14(2)21-17-12-7-8-13-20-17)19(24)23(22-16)15-10-5-4-6-11-15/h4-8,10-13,22H,3,9H2,1-2H3/b21-14+. The number of hydrogen-bond acceptors (Lipinski definition) is 3. The van der Waals surface area contributed by atoms with Crippen molar-refractivity contribution >= 4 is 11.5 Å². The van der Waals surface area contributed by atoms with Crippen molar-refractivity contribution in [1.29, 1.82) is 0 Å². The van der Waals surface area contributed by atoms with Crippen LogP contribution in [-0.2, 0) is 6.42 Å². The lowest BCUT2D eigenvalue weighted by molar-refractivity contribution is 0.793. The Balaban J connectivity index is 2.11. The van der Waals surface area contributed by atoms with Crippen molar-refractivity contribution in [2.45, 2.75) is 26.7 Å². The number of aromatic amines is 1. The summed E-state index contributed by atoms with van der Waals surface area (Å²) in [6.07, 6.45) is 3.43. The number of pyridine rings is 1. The Morgan fingerprint density at radius 3 is 2.58 bits per heavy atom. The molecule has 24 heavy (non-hydrogen) atoms. The first-order valence-electron chi connectivity index (χ1n) is 8.06. The second-order valence-electron chi connectivity index (χ2n) is 5.58. The maximum atomic E-state index is 12.9. The average molecular weight is 320 g/mol. The van der Waals surface area contributed by atoms with Gasteiger partial charge in [0, 0.05) is 11.9 Å². The first kappa shape index (κ1) is 15.9. The number of hydrogen-bond donors (Lipinski definition) is 1. The molecule has 2 aromatic heterocycles. The van der Waals surface area contributed by atoms with Gasteiger partial charge >= 0.3 is 0 Å². The van der Waals surface area contributed by atoms with Gasteiger partial charge in [-0.1, -0.05) is 37.6 Å². The summed E-state index contributed by atoms with van der Waals surface area (Å²) in [6.45, 7) is 3.95. The molecule has 122 valence electrons. The van der Waals surface area contributed by atoms with E-state index in [4.69, 9.17) is 0 Å². The summed E-state index contributed by atoms with van der Waals surface area (Å²) < 4.78 is 1.58. The van der Waals surface area contributed by atoms with Crippen LogP contribution in [0.2, 0.25) is 0 Å². The van der Waals surface area contributed by atoms with E-state index in [2.05, 4.69) is 22.0 Å². The molecule has 1 aromatic carbocycles. The number of nitrogens with zero attached hydrogens (tertiary/aromatic N) is 3. The highest BCUT2D eigenvalue weighted by Crippen LogP contribution is 2.13. The number of aliphatic imine (C=N–C) groups is 1. The molecule has 5 heteroatoms. The Hall–Kier alpha value is -2.95. The molecule has 0 aliphatic carbocycles. The summed E-state index contributed by atoms with van der Waals surface area (Å²) in [5.41, 5.74) is 2.95. The van der Waals surface area contributed by atoms with E-state index in [0.717, 1.165) is 24.2 Å². The van der Waals surface area contributed by atoms with Gasteiger partial charge in [0.05, 0.1) is 17.0 Å². The van der Waals surface area contributed by atoms with Crippen LogP contribution >= 0.6 is 0 Å². The van der Waals surface area contributed by atoms with Crippen LogP contribution in [0.3, 0.4) is 0 Å². The molecule has 0 unspecified atom stereocenters. The SMILES string of the molecule is CCCc1[nH]n(-c2ccccc2)c(=O)c1/C(C)=N/c1ccccn1. The van der Waals surface area contributed by atoms with Crippen LogP contribution < -0.4 is 5.56 Å². The van der Waals surface area contributed by atoms with Crippen LogP contribution in [0.4, 0.5) is 5.82 Å². The predicted octanol–water partition coefficient (Wildman–Crippen LogP) is 3.65. The van der Waals surface area contributed by atoms with E-state index in [0.29, 0.717) is 17.1 Å². The Morgan fingerprint density at radius 2 is 1.92 bits per heavy atom. The molecule has 2 heterocycles. The summed E-state index contributed by atoms with van der Waals surface area (Å²) in [5, 5.41) is 3.24. The maximum Gasteiger partial charge on any atom is 0.280 e. The van der Waals surface area contributed by atoms with Crippen LogP contribution in [-0.4, -0.2) is 20.5 Å². The smallest absolute Gasteiger partial charge is 0.280 e. The molecule has 0 aliphatic heterocycles. The highest BCUT2D eigenvalue weighted by molar-refractivity contribution is 6.00. The van der Waals surface area contributed by atoms with Gasteiger partial charge in [0.1, 0.15) is 0 Å². The third-order valence-corrected chi connectivity index (χ3v) is 3.77. The second kappa shape index (κ2) is 7.08.